The van der Waals surface area contributed by atoms with E-state index in [9.17, 15) is 29.4 Å². The van der Waals surface area contributed by atoms with Crippen molar-refractivity contribution in [2.75, 3.05) is 13.2 Å². The van der Waals surface area contributed by atoms with E-state index in [2.05, 4.69) is 20.9 Å². The molecular weight excluding hydrogens is 528 g/mol. The van der Waals surface area contributed by atoms with Crippen LogP contribution >= 0.6 is 0 Å². The van der Waals surface area contributed by atoms with Gasteiger partial charge in [0, 0.05) is 29.9 Å². The number of carbonyl (C=O) groups excluding carboxylic acids is 3. The number of H-pyrrole nitrogens is 1. The van der Waals surface area contributed by atoms with E-state index in [-0.39, 0.29) is 19.3 Å². The van der Waals surface area contributed by atoms with E-state index in [0.717, 1.165) is 22.0 Å². The van der Waals surface area contributed by atoms with Gasteiger partial charge < -0.3 is 42.6 Å². The average Bonchev–Trinajstić information content (AvgIpc) is 3.38. The highest BCUT2D eigenvalue weighted by Crippen LogP contribution is 2.19. The highest BCUT2D eigenvalue weighted by Gasteiger charge is 2.30. The van der Waals surface area contributed by atoms with E-state index >= 15 is 0 Å². The van der Waals surface area contributed by atoms with Crippen molar-refractivity contribution in [1.82, 2.24) is 20.9 Å². The number of hydrogen-bond donors (Lipinski definition) is 8. The number of carbonyl (C=O) groups is 4. The van der Waals surface area contributed by atoms with Gasteiger partial charge in [0.25, 0.3) is 0 Å². The largest absolute Gasteiger partial charge is 0.480 e. The molecule has 4 atom stereocenters. The number of benzene rings is 2. The van der Waals surface area contributed by atoms with Crippen molar-refractivity contribution in [3.63, 3.8) is 0 Å². The van der Waals surface area contributed by atoms with Gasteiger partial charge in [-0.25, -0.2) is 4.79 Å². The summed E-state index contributed by atoms with van der Waals surface area (Å²) in [6.45, 7) is -0.227. The molecular formula is C29H38N6O6. The molecule has 220 valence electrons. The van der Waals surface area contributed by atoms with Crippen LogP contribution in [-0.4, -0.2) is 76.2 Å². The van der Waals surface area contributed by atoms with Gasteiger partial charge >= 0.3 is 5.97 Å². The number of aromatic nitrogens is 1. The molecule has 1 aromatic heterocycles. The lowest BCUT2D eigenvalue weighted by atomic mass is 10.0. The van der Waals surface area contributed by atoms with Gasteiger partial charge in [0.15, 0.2) is 0 Å². The Morgan fingerprint density at radius 2 is 1.44 bits per heavy atom. The summed E-state index contributed by atoms with van der Waals surface area (Å²) in [5.41, 5.74) is 13.6. The van der Waals surface area contributed by atoms with Crippen molar-refractivity contribution in [3.8, 4) is 0 Å². The molecule has 1 heterocycles. The summed E-state index contributed by atoms with van der Waals surface area (Å²) in [7, 11) is 0. The van der Waals surface area contributed by atoms with Gasteiger partial charge in [0.1, 0.15) is 24.2 Å². The molecule has 0 aliphatic rings. The minimum atomic E-state index is -1.25. The number of carboxylic acids is 1. The van der Waals surface area contributed by atoms with Crippen LogP contribution in [0.2, 0.25) is 0 Å². The predicted molar refractivity (Wildman–Crippen MR) is 154 cm³/mol. The quantitative estimate of drug-likeness (QED) is 0.110. The normalized spacial score (nSPS) is 14.0. The standard InChI is InChI=1S/C29H38N6O6/c30-13-7-6-12-23(27(38)35-25(29(40)41)15-19-16-32-22-11-5-4-10-20(19)22)33-28(39)24(34-26(37)21(31)17-36)14-18-8-2-1-3-9-18/h1-5,8-11,16,21,23-25,32,36H,6-7,12-15,17,30-31H2,(H,33,39)(H,34,37)(H,35,38)(H,40,41). The van der Waals surface area contributed by atoms with Crippen LogP contribution in [0.25, 0.3) is 10.9 Å². The monoisotopic (exact) mass is 566 g/mol. The van der Waals surface area contributed by atoms with E-state index < -0.39 is 54.5 Å². The fraction of sp³-hybridized carbons (Fsp3) is 0.379. The van der Waals surface area contributed by atoms with Gasteiger partial charge in [0.05, 0.1) is 6.61 Å². The number of aliphatic hydroxyl groups is 1. The molecule has 0 aliphatic heterocycles. The van der Waals surface area contributed by atoms with E-state index in [1.807, 2.05) is 30.3 Å². The Balaban J connectivity index is 1.77. The molecule has 0 saturated heterocycles. The van der Waals surface area contributed by atoms with Crippen LogP contribution in [0.4, 0.5) is 0 Å². The third kappa shape index (κ3) is 9.13. The second kappa shape index (κ2) is 15.5. The maximum Gasteiger partial charge on any atom is 0.326 e. The van der Waals surface area contributed by atoms with Crippen molar-refractivity contribution in [2.24, 2.45) is 11.5 Å². The van der Waals surface area contributed by atoms with Crippen molar-refractivity contribution in [1.29, 1.82) is 0 Å². The predicted octanol–water partition coefficient (Wildman–Crippen LogP) is -0.0593. The van der Waals surface area contributed by atoms with E-state index in [1.165, 1.54) is 0 Å². The topological polar surface area (TPSA) is 213 Å². The molecule has 3 amide bonds. The SMILES string of the molecule is NCCCCC(NC(=O)C(Cc1ccccc1)NC(=O)C(N)CO)C(=O)NC(Cc1c[nH]c2ccccc12)C(=O)O. The summed E-state index contributed by atoms with van der Waals surface area (Å²) >= 11 is 0. The highest BCUT2D eigenvalue weighted by atomic mass is 16.4. The van der Waals surface area contributed by atoms with Gasteiger partial charge in [0.2, 0.25) is 17.7 Å². The van der Waals surface area contributed by atoms with Crippen LogP contribution in [0.5, 0.6) is 0 Å². The molecule has 12 heteroatoms. The Hall–Kier alpha value is -4.26. The van der Waals surface area contributed by atoms with Crippen molar-refractivity contribution >= 4 is 34.6 Å². The molecule has 0 spiro atoms. The minimum absolute atomic E-state index is 0.0281. The number of para-hydroxylation sites is 1. The average molecular weight is 567 g/mol. The summed E-state index contributed by atoms with van der Waals surface area (Å²) in [4.78, 5) is 54.4. The molecule has 0 bridgehead atoms. The van der Waals surface area contributed by atoms with Crippen molar-refractivity contribution < 1.29 is 29.4 Å². The first-order valence-electron chi connectivity index (χ1n) is 13.5. The Kier molecular flexibility index (Phi) is 11.8. The molecule has 3 rings (SSSR count). The number of amides is 3. The zero-order valence-electron chi connectivity index (χ0n) is 22.7. The Bertz CT molecular complexity index is 1310. The summed E-state index contributed by atoms with van der Waals surface area (Å²) in [6.07, 6.45) is 3.14. The van der Waals surface area contributed by atoms with Gasteiger partial charge in [-0.1, -0.05) is 48.5 Å². The molecule has 0 aliphatic carbocycles. The maximum absolute atomic E-state index is 13.4. The number of nitrogens with two attached hydrogens (primary N) is 2. The molecule has 0 saturated carbocycles. The summed E-state index contributed by atoms with van der Waals surface area (Å²) in [6, 6.07) is 11.7. The Labute approximate surface area is 237 Å². The minimum Gasteiger partial charge on any atom is -0.480 e. The van der Waals surface area contributed by atoms with Gasteiger partial charge in [-0.3, -0.25) is 14.4 Å². The molecule has 10 N–H and O–H groups in total. The molecule has 12 nitrogen and oxygen atoms in total. The first-order valence-corrected chi connectivity index (χ1v) is 13.5. The van der Waals surface area contributed by atoms with Crippen LogP contribution in [-0.2, 0) is 32.0 Å². The number of carboxylic acid groups (broad SMARTS) is 1. The molecule has 3 aromatic rings. The second-order valence-corrected chi connectivity index (χ2v) is 9.85. The first-order chi connectivity index (χ1) is 19.7. The van der Waals surface area contributed by atoms with E-state index in [1.54, 1.807) is 30.5 Å². The van der Waals surface area contributed by atoms with Gasteiger partial charge in [-0.15, -0.1) is 0 Å². The number of nitrogens with one attached hydrogen (secondary N) is 4. The first kappa shape index (κ1) is 31.3. The Morgan fingerprint density at radius 1 is 0.805 bits per heavy atom. The maximum atomic E-state index is 13.4. The molecule has 2 aromatic carbocycles. The molecule has 4 unspecified atom stereocenters. The van der Waals surface area contributed by atoms with Crippen LogP contribution in [0, 0.1) is 0 Å². The molecule has 41 heavy (non-hydrogen) atoms. The molecule has 0 fully saturated rings. The smallest absolute Gasteiger partial charge is 0.326 e. The number of aliphatic hydroxyl groups excluding tert-OH is 1. The Morgan fingerprint density at radius 3 is 2.12 bits per heavy atom. The van der Waals surface area contributed by atoms with Crippen LogP contribution < -0.4 is 27.4 Å². The summed E-state index contributed by atoms with van der Waals surface area (Å²) < 4.78 is 0. The zero-order chi connectivity index (χ0) is 29.8. The van der Waals surface area contributed by atoms with Crippen molar-refractivity contribution in [2.45, 2.75) is 56.3 Å². The number of unbranched alkanes of at least 4 members (excludes halogenated alkanes) is 1. The van der Waals surface area contributed by atoms with Crippen LogP contribution in [0.15, 0.2) is 60.8 Å². The van der Waals surface area contributed by atoms with Gasteiger partial charge in [-0.05, 0) is 43.0 Å². The lowest BCUT2D eigenvalue weighted by Gasteiger charge is -2.25. The fourth-order valence-corrected chi connectivity index (χ4v) is 4.45. The van der Waals surface area contributed by atoms with Crippen molar-refractivity contribution in [3.05, 3.63) is 71.9 Å². The third-order valence-corrected chi connectivity index (χ3v) is 6.74. The van der Waals surface area contributed by atoms with Gasteiger partial charge in [-0.2, -0.15) is 0 Å². The fourth-order valence-electron chi connectivity index (χ4n) is 4.45. The lowest BCUT2D eigenvalue weighted by molar-refractivity contribution is -0.142. The van der Waals surface area contributed by atoms with E-state index in [0.29, 0.717) is 19.4 Å². The number of rotatable bonds is 16. The third-order valence-electron chi connectivity index (χ3n) is 6.74. The number of fused-ring (bicyclic) bond motifs is 1. The van der Waals surface area contributed by atoms with Crippen LogP contribution in [0.1, 0.15) is 30.4 Å². The lowest BCUT2D eigenvalue weighted by Crippen LogP contribution is -2.58. The second-order valence-electron chi connectivity index (χ2n) is 9.85. The number of hydrogen-bond acceptors (Lipinski definition) is 7. The highest BCUT2D eigenvalue weighted by molar-refractivity contribution is 5.94. The summed E-state index contributed by atoms with van der Waals surface area (Å²) in [5, 5.41) is 27.8. The molecule has 0 radical (unpaired) electrons. The van der Waals surface area contributed by atoms with Crippen LogP contribution in [0.3, 0.4) is 0 Å². The number of aromatic amines is 1. The van der Waals surface area contributed by atoms with E-state index in [4.69, 9.17) is 11.5 Å². The number of aliphatic carboxylic acids is 1. The summed E-state index contributed by atoms with van der Waals surface area (Å²) in [5.74, 6) is -3.26. The zero-order valence-corrected chi connectivity index (χ0v) is 22.7.